The van der Waals surface area contributed by atoms with E-state index in [4.69, 9.17) is 12.6 Å². The molecule has 9 unspecified atom stereocenters. The summed E-state index contributed by atoms with van der Waals surface area (Å²) in [7, 11) is 0. The van der Waals surface area contributed by atoms with Crippen LogP contribution in [0.2, 0.25) is 0 Å². The van der Waals surface area contributed by atoms with E-state index in [9.17, 15) is 0 Å². The minimum Gasteiger partial charge on any atom is -0.179 e. The Morgan fingerprint density at radius 2 is 1.91 bits per heavy atom. The molecule has 0 radical (unpaired) electrons. The van der Waals surface area contributed by atoms with Gasteiger partial charge in [0.25, 0.3) is 0 Å². The Morgan fingerprint density at radius 3 is 2.59 bits per heavy atom. The fourth-order valence-electron chi connectivity index (χ4n) is 7.27. The molecule has 124 valence electrons. The Morgan fingerprint density at radius 1 is 1.00 bits per heavy atom. The largest absolute Gasteiger partial charge is 0.179 e. The average Bonchev–Trinajstić information content (AvgIpc) is 2.95. The average molecular weight is 355 g/mol. The van der Waals surface area contributed by atoms with Crippen LogP contribution >= 0.6 is 37.0 Å². The lowest BCUT2D eigenvalue weighted by atomic mass is 9.61. The highest BCUT2D eigenvalue weighted by atomic mass is 32.2. The Bertz CT molecular complexity index is 450. The van der Waals surface area contributed by atoms with E-state index < -0.39 is 0 Å². The predicted octanol–water partition coefficient (Wildman–Crippen LogP) is 5.19. The van der Waals surface area contributed by atoms with Crippen molar-refractivity contribution >= 4 is 37.0 Å². The molecule has 0 heterocycles. The highest BCUT2D eigenvalue weighted by Gasteiger charge is 2.74. The molecule has 0 aliphatic heterocycles. The number of fused-ring (bicyclic) bond motifs is 2. The molecule has 0 aromatic heterocycles. The van der Waals surface area contributed by atoms with Gasteiger partial charge in [0.05, 0.1) is 0 Å². The normalized spacial score (nSPS) is 57.5. The molecule has 2 bridgehead atoms. The molecule has 5 aliphatic carbocycles. The first kappa shape index (κ1) is 15.3. The van der Waals surface area contributed by atoms with Crippen LogP contribution in [0.25, 0.3) is 0 Å². The number of thiol groups is 2. The molecule has 5 aliphatic rings. The van der Waals surface area contributed by atoms with Crippen molar-refractivity contribution in [3.63, 3.8) is 0 Å². The van der Waals surface area contributed by atoms with Gasteiger partial charge in [-0.3, -0.25) is 0 Å². The molecule has 0 N–H and O–H groups in total. The zero-order chi connectivity index (χ0) is 14.9. The Hall–Kier alpha value is 1.05. The first-order valence-electron chi connectivity index (χ1n) is 9.63. The third-order valence-electron chi connectivity index (χ3n) is 8.42. The van der Waals surface area contributed by atoms with Crippen LogP contribution in [0.1, 0.15) is 51.4 Å². The summed E-state index contributed by atoms with van der Waals surface area (Å²) in [4.78, 5) is 0. The zero-order valence-corrected chi connectivity index (χ0v) is 16.1. The molecule has 0 amide bonds. The molecular weight excluding hydrogens is 324 g/mol. The fraction of sp³-hybridized carbons (Fsp3) is 1.00. The highest BCUT2D eigenvalue weighted by molar-refractivity contribution is 7.99. The first-order valence-corrected chi connectivity index (χ1v) is 11.8. The Balaban J connectivity index is 1.10. The minimum absolute atomic E-state index is 0.745. The van der Waals surface area contributed by atoms with Gasteiger partial charge in [-0.2, -0.15) is 37.0 Å². The summed E-state index contributed by atoms with van der Waals surface area (Å²) >= 11 is 11.6. The molecule has 0 aromatic carbocycles. The lowest BCUT2D eigenvalue weighted by Crippen LogP contribution is -2.37. The van der Waals surface area contributed by atoms with Crippen molar-refractivity contribution in [2.75, 3.05) is 11.5 Å². The van der Waals surface area contributed by atoms with Gasteiger partial charge >= 0.3 is 0 Å². The summed E-state index contributed by atoms with van der Waals surface area (Å²) in [5.41, 5.74) is 0.853. The number of rotatable bonds is 6. The van der Waals surface area contributed by atoms with Gasteiger partial charge in [-0.1, -0.05) is 0 Å². The Kier molecular flexibility index (Phi) is 3.85. The summed E-state index contributed by atoms with van der Waals surface area (Å²) in [6.07, 6.45) is 12.0. The Labute approximate surface area is 151 Å². The number of hydrogen-bond acceptors (Lipinski definition) is 3. The quantitative estimate of drug-likeness (QED) is 0.619. The van der Waals surface area contributed by atoms with Gasteiger partial charge in [0, 0.05) is 10.5 Å². The molecule has 5 rings (SSSR count). The van der Waals surface area contributed by atoms with Crippen LogP contribution in [0.3, 0.4) is 0 Å². The van der Waals surface area contributed by atoms with Crippen molar-refractivity contribution in [3.8, 4) is 0 Å². The summed E-state index contributed by atoms with van der Waals surface area (Å²) < 4.78 is 0. The number of thioether (sulfide) groups is 1. The van der Waals surface area contributed by atoms with Crippen LogP contribution in [-0.4, -0.2) is 22.0 Å². The summed E-state index contributed by atoms with van der Waals surface area (Å²) in [5, 5.41) is 1.78. The van der Waals surface area contributed by atoms with Gasteiger partial charge in [0.2, 0.25) is 0 Å². The van der Waals surface area contributed by atoms with E-state index in [1.165, 1.54) is 37.9 Å². The van der Waals surface area contributed by atoms with Crippen molar-refractivity contribution < 1.29 is 0 Å². The second-order valence-corrected chi connectivity index (χ2v) is 11.5. The first-order chi connectivity index (χ1) is 10.7. The van der Waals surface area contributed by atoms with Crippen LogP contribution in [0.15, 0.2) is 0 Å². The van der Waals surface area contributed by atoms with Crippen LogP contribution in [-0.2, 0) is 0 Å². The van der Waals surface area contributed by atoms with Crippen molar-refractivity contribution in [2.24, 2.45) is 40.9 Å². The molecule has 3 heteroatoms. The summed E-state index contributed by atoms with van der Waals surface area (Å²) in [6, 6.07) is 0. The highest BCUT2D eigenvalue weighted by Crippen LogP contribution is 2.80. The van der Waals surface area contributed by atoms with Crippen molar-refractivity contribution in [1.29, 1.82) is 0 Å². The van der Waals surface area contributed by atoms with Crippen LogP contribution in [0.4, 0.5) is 0 Å². The molecule has 0 aromatic rings. The summed E-state index contributed by atoms with van der Waals surface area (Å²) in [6.45, 7) is 0. The molecule has 0 nitrogen and oxygen atoms in total. The van der Waals surface area contributed by atoms with E-state index in [1.807, 2.05) is 0 Å². The molecule has 5 fully saturated rings. The van der Waals surface area contributed by atoms with Crippen LogP contribution < -0.4 is 0 Å². The van der Waals surface area contributed by atoms with E-state index in [0.717, 1.165) is 57.2 Å². The second kappa shape index (κ2) is 5.53. The molecule has 22 heavy (non-hydrogen) atoms. The van der Waals surface area contributed by atoms with E-state index >= 15 is 0 Å². The van der Waals surface area contributed by atoms with E-state index in [2.05, 4.69) is 24.4 Å². The van der Waals surface area contributed by atoms with Crippen molar-refractivity contribution in [3.05, 3.63) is 0 Å². The summed E-state index contributed by atoms with van der Waals surface area (Å²) in [5.74, 6) is 8.92. The van der Waals surface area contributed by atoms with Gasteiger partial charge in [-0.15, -0.1) is 0 Å². The maximum Gasteiger partial charge on any atom is 0.00838 e. The van der Waals surface area contributed by atoms with Gasteiger partial charge in [-0.25, -0.2) is 0 Å². The van der Waals surface area contributed by atoms with Crippen molar-refractivity contribution in [1.82, 2.24) is 0 Å². The zero-order valence-electron chi connectivity index (χ0n) is 13.5. The van der Waals surface area contributed by atoms with Crippen LogP contribution in [0.5, 0.6) is 0 Å². The molecule has 0 saturated heterocycles. The smallest absolute Gasteiger partial charge is 0.00838 e. The lowest BCUT2D eigenvalue weighted by molar-refractivity contribution is 0.0544. The SMILES string of the molecule is SCCC1CC2CC(SCCC3CC4CC3CC4S)C3CC123. The van der Waals surface area contributed by atoms with Gasteiger partial charge in [-0.05, 0) is 104 Å². The van der Waals surface area contributed by atoms with E-state index in [0.29, 0.717) is 0 Å². The van der Waals surface area contributed by atoms with Crippen LogP contribution in [0, 0.1) is 40.9 Å². The number of hydrogen-bond donors (Lipinski definition) is 2. The van der Waals surface area contributed by atoms with Crippen molar-refractivity contribution in [2.45, 2.75) is 61.9 Å². The van der Waals surface area contributed by atoms with Gasteiger partial charge < -0.3 is 0 Å². The monoisotopic (exact) mass is 354 g/mol. The maximum absolute atomic E-state index is 4.76. The molecule has 9 atom stereocenters. The minimum atomic E-state index is 0.745. The van der Waals surface area contributed by atoms with E-state index in [1.54, 1.807) is 19.3 Å². The topological polar surface area (TPSA) is 0 Å². The molecular formula is C19H30S3. The standard InChI is InChI=1S/C19H30S3/c20-3-1-14-8-15-9-18(16-10-19(14,15)16)22-4-2-11-5-13-6-12(11)7-17(13)21/h11-18,20-21H,1-10H2. The predicted molar refractivity (Wildman–Crippen MR) is 103 cm³/mol. The lowest BCUT2D eigenvalue weighted by Gasteiger charge is -2.44. The van der Waals surface area contributed by atoms with Gasteiger partial charge in [0.15, 0.2) is 0 Å². The second-order valence-electron chi connectivity index (χ2n) is 9.05. The van der Waals surface area contributed by atoms with Gasteiger partial charge in [0.1, 0.15) is 0 Å². The van der Waals surface area contributed by atoms with E-state index in [-0.39, 0.29) is 0 Å². The maximum atomic E-state index is 4.76. The molecule has 1 spiro atoms. The third kappa shape index (κ3) is 2.13. The third-order valence-corrected chi connectivity index (χ3v) is 10.7. The molecule has 5 saturated carbocycles. The fourth-order valence-corrected chi connectivity index (χ4v) is 9.79.